The second kappa shape index (κ2) is 7.72. The van der Waals surface area contributed by atoms with E-state index in [0.717, 1.165) is 11.1 Å². The highest BCUT2D eigenvalue weighted by molar-refractivity contribution is 5.99. The zero-order valence-corrected chi connectivity index (χ0v) is 16.5. The molecule has 0 unspecified atom stereocenters. The molecule has 1 amide bonds. The van der Waals surface area contributed by atoms with E-state index < -0.39 is 6.04 Å². The van der Waals surface area contributed by atoms with Gasteiger partial charge < -0.3 is 19.2 Å². The number of fused-ring (bicyclic) bond motifs is 2. The SMILES string of the molecule is CCOc1cccc([C@@H]2c3c(oc4ccc(C)cc4c3=O)C(=O)N2CCCO)c1. The first-order valence-electron chi connectivity index (χ1n) is 9.77. The van der Waals surface area contributed by atoms with E-state index in [2.05, 4.69) is 0 Å². The molecule has 0 fully saturated rings. The van der Waals surface area contributed by atoms with Gasteiger partial charge in [-0.25, -0.2) is 0 Å². The monoisotopic (exact) mass is 393 g/mol. The Labute approximate surface area is 168 Å². The smallest absolute Gasteiger partial charge is 0.290 e. The average molecular weight is 393 g/mol. The van der Waals surface area contributed by atoms with E-state index in [0.29, 0.717) is 41.9 Å². The largest absolute Gasteiger partial charge is 0.494 e. The molecule has 1 atom stereocenters. The zero-order chi connectivity index (χ0) is 20.5. The number of rotatable bonds is 6. The standard InChI is InChI=1S/C23H23NO5/c1-3-28-16-7-4-6-15(13-16)20-19-21(26)17-12-14(2)8-9-18(17)29-22(19)23(27)24(20)10-5-11-25/h4,6-9,12-13,20,25H,3,5,10-11H2,1-2H3/t20-/m1/s1. The number of hydrogen-bond acceptors (Lipinski definition) is 5. The minimum atomic E-state index is -0.578. The normalized spacial score (nSPS) is 15.8. The Morgan fingerprint density at radius 2 is 2.00 bits per heavy atom. The minimum absolute atomic E-state index is 0.0472. The van der Waals surface area contributed by atoms with Gasteiger partial charge in [-0.2, -0.15) is 0 Å². The highest BCUT2D eigenvalue weighted by atomic mass is 16.5. The van der Waals surface area contributed by atoms with Gasteiger partial charge in [0.2, 0.25) is 5.76 Å². The molecule has 0 saturated heterocycles. The van der Waals surface area contributed by atoms with E-state index >= 15 is 0 Å². The van der Waals surface area contributed by atoms with Crippen molar-refractivity contribution in [2.75, 3.05) is 19.8 Å². The fourth-order valence-corrected chi connectivity index (χ4v) is 3.89. The van der Waals surface area contributed by atoms with Crippen LogP contribution in [0.5, 0.6) is 5.75 Å². The van der Waals surface area contributed by atoms with Crippen LogP contribution in [0.1, 0.15) is 46.6 Å². The number of aliphatic hydroxyl groups excluding tert-OH is 1. The summed E-state index contributed by atoms with van der Waals surface area (Å²) >= 11 is 0. The fraction of sp³-hybridized carbons (Fsp3) is 0.304. The number of carbonyl (C=O) groups excluding carboxylic acids is 1. The van der Waals surface area contributed by atoms with Crippen LogP contribution in [-0.4, -0.2) is 35.7 Å². The molecule has 1 aliphatic rings. The van der Waals surface area contributed by atoms with Gasteiger partial charge in [-0.05, 0) is 50.1 Å². The van der Waals surface area contributed by atoms with Crippen LogP contribution in [0.25, 0.3) is 11.0 Å². The van der Waals surface area contributed by atoms with Crippen molar-refractivity contribution < 1.29 is 19.1 Å². The summed E-state index contributed by atoms with van der Waals surface area (Å²) in [6.45, 7) is 4.60. The minimum Gasteiger partial charge on any atom is -0.494 e. The number of ether oxygens (including phenoxy) is 1. The van der Waals surface area contributed by atoms with E-state index in [1.807, 2.05) is 44.2 Å². The Hall–Kier alpha value is -3.12. The summed E-state index contributed by atoms with van der Waals surface area (Å²) in [7, 11) is 0. The quantitative estimate of drug-likeness (QED) is 0.694. The molecule has 0 spiro atoms. The Kier molecular flexibility index (Phi) is 5.11. The van der Waals surface area contributed by atoms with Crippen molar-refractivity contribution in [3.05, 3.63) is 75.1 Å². The summed E-state index contributed by atoms with van der Waals surface area (Å²) in [4.78, 5) is 28.2. The van der Waals surface area contributed by atoms with Gasteiger partial charge in [0.15, 0.2) is 5.43 Å². The molecule has 2 aromatic carbocycles. The molecule has 6 nitrogen and oxygen atoms in total. The third-order valence-corrected chi connectivity index (χ3v) is 5.16. The van der Waals surface area contributed by atoms with Crippen LogP contribution in [0, 0.1) is 6.92 Å². The fourth-order valence-electron chi connectivity index (χ4n) is 3.89. The van der Waals surface area contributed by atoms with Crippen LogP contribution in [0.15, 0.2) is 51.7 Å². The molecule has 6 heteroatoms. The van der Waals surface area contributed by atoms with Crippen LogP contribution < -0.4 is 10.2 Å². The second-order valence-corrected chi connectivity index (χ2v) is 7.16. The Morgan fingerprint density at radius 1 is 1.17 bits per heavy atom. The lowest BCUT2D eigenvalue weighted by atomic mass is 9.98. The predicted octanol–water partition coefficient (Wildman–Crippen LogP) is 3.43. The van der Waals surface area contributed by atoms with Crippen molar-refractivity contribution in [1.82, 2.24) is 4.90 Å². The first kappa shape index (κ1) is 19.2. The second-order valence-electron chi connectivity index (χ2n) is 7.16. The van der Waals surface area contributed by atoms with E-state index in [9.17, 15) is 14.7 Å². The first-order chi connectivity index (χ1) is 14.0. The molecule has 29 heavy (non-hydrogen) atoms. The zero-order valence-electron chi connectivity index (χ0n) is 16.5. The molecular weight excluding hydrogens is 370 g/mol. The van der Waals surface area contributed by atoms with Crippen molar-refractivity contribution in [2.24, 2.45) is 0 Å². The van der Waals surface area contributed by atoms with Crippen LogP contribution in [0.4, 0.5) is 0 Å². The third-order valence-electron chi connectivity index (χ3n) is 5.16. The Balaban J connectivity index is 1.94. The molecule has 1 aromatic heterocycles. The molecule has 1 N–H and O–H groups in total. The molecular formula is C23H23NO5. The molecule has 0 aliphatic carbocycles. The molecule has 1 aliphatic heterocycles. The Bertz CT molecular complexity index is 1130. The van der Waals surface area contributed by atoms with Crippen LogP contribution in [-0.2, 0) is 0 Å². The van der Waals surface area contributed by atoms with E-state index in [1.165, 1.54) is 0 Å². The van der Waals surface area contributed by atoms with E-state index in [4.69, 9.17) is 9.15 Å². The number of hydrogen-bond donors (Lipinski definition) is 1. The summed E-state index contributed by atoms with van der Waals surface area (Å²) in [5.41, 5.74) is 2.27. The summed E-state index contributed by atoms with van der Waals surface area (Å²) in [6.07, 6.45) is 0.411. The molecule has 150 valence electrons. The van der Waals surface area contributed by atoms with Crippen molar-refractivity contribution in [3.63, 3.8) is 0 Å². The first-order valence-corrected chi connectivity index (χ1v) is 9.77. The molecule has 0 saturated carbocycles. The molecule has 0 bridgehead atoms. The third kappa shape index (κ3) is 3.29. The van der Waals surface area contributed by atoms with Gasteiger partial charge in [-0.3, -0.25) is 9.59 Å². The summed E-state index contributed by atoms with van der Waals surface area (Å²) in [5, 5.41) is 9.76. The number of aliphatic hydroxyl groups is 1. The molecule has 2 heterocycles. The number of benzene rings is 2. The van der Waals surface area contributed by atoms with Gasteiger partial charge in [-0.15, -0.1) is 0 Å². The van der Waals surface area contributed by atoms with Gasteiger partial charge >= 0.3 is 0 Å². The highest BCUT2D eigenvalue weighted by Crippen LogP contribution is 2.39. The van der Waals surface area contributed by atoms with Gasteiger partial charge in [0.1, 0.15) is 11.3 Å². The summed E-state index contributed by atoms with van der Waals surface area (Å²) in [5.74, 6) is 0.421. The topological polar surface area (TPSA) is 80.0 Å². The average Bonchev–Trinajstić information content (AvgIpc) is 3.00. The maximum Gasteiger partial charge on any atom is 0.290 e. The van der Waals surface area contributed by atoms with Gasteiger partial charge in [-0.1, -0.05) is 23.8 Å². The maximum atomic E-state index is 13.4. The lowest BCUT2D eigenvalue weighted by Crippen LogP contribution is -2.31. The molecule has 4 rings (SSSR count). The molecule has 3 aromatic rings. The maximum absolute atomic E-state index is 13.4. The van der Waals surface area contributed by atoms with Gasteiger partial charge in [0.05, 0.1) is 23.6 Å². The molecule has 0 radical (unpaired) electrons. The van der Waals surface area contributed by atoms with E-state index in [1.54, 1.807) is 17.0 Å². The van der Waals surface area contributed by atoms with Crippen molar-refractivity contribution >= 4 is 16.9 Å². The van der Waals surface area contributed by atoms with Gasteiger partial charge in [0, 0.05) is 13.2 Å². The lowest BCUT2D eigenvalue weighted by Gasteiger charge is -2.25. The van der Waals surface area contributed by atoms with Crippen LogP contribution >= 0.6 is 0 Å². The number of carbonyl (C=O) groups is 1. The lowest BCUT2D eigenvalue weighted by molar-refractivity contribution is 0.0716. The summed E-state index contributed by atoms with van der Waals surface area (Å²) < 4.78 is 11.5. The highest BCUT2D eigenvalue weighted by Gasteiger charge is 2.42. The number of nitrogens with zero attached hydrogens (tertiary/aromatic N) is 1. The number of aryl methyl sites for hydroxylation is 1. The van der Waals surface area contributed by atoms with Crippen LogP contribution in [0.3, 0.4) is 0 Å². The number of amides is 1. The van der Waals surface area contributed by atoms with E-state index in [-0.39, 0.29) is 23.7 Å². The van der Waals surface area contributed by atoms with Crippen molar-refractivity contribution in [2.45, 2.75) is 26.3 Å². The van der Waals surface area contributed by atoms with Crippen molar-refractivity contribution in [1.29, 1.82) is 0 Å². The summed E-state index contributed by atoms with van der Waals surface area (Å²) in [6, 6.07) is 12.2. The van der Waals surface area contributed by atoms with Gasteiger partial charge in [0.25, 0.3) is 5.91 Å². The predicted molar refractivity (Wildman–Crippen MR) is 109 cm³/mol. The van der Waals surface area contributed by atoms with Crippen LogP contribution in [0.2, 0.25) is 0 Å². The Morgan fingerprint density at radius 3 is 2.76 bits per heavy atom. The van der Waals surface area contributed by atoms with Crippen molar-refractivity contribution in [3.8, 4) is 5.75 Å².